The number of nitro groups is 1. The summed E-state index contributed by atoms with van der Waals surface area (Å²) in [5, 5.41) is 13.8. The molecule has 32 heavy (non-hydrogen) atoms. The van der Waals surface area contributed by atoms with Gasteiger partial charge in [0.15, 0.2) is 6.10 Å². The number of alkyl halides is 3. The Morgan fingerprint density at radius 3 is 2.44 bits per heavy atom. The predicted molar refractivity (Wildman–Crippen MR) is 104 cm³/mol. The molecular formula is C19H21F3N4O6. The van der Waals surface area contributed by atoms with E-state index in [9.17, 15) is 37.7 Å². The summed E-state index contributed by atoms with van der Waals surface area (Å²) in [5.74, 6) is -1.85. The average Bonchev–Trinajstić information content (AvgIpc) is 3.17. The smallest absolute Gasteiger partial charge is 0.416 e. The molecule has 1 atom stereocenters. The first-order valence-electron chi connectivity index (χ1n) is 9.89. The molecule has 2 aliphatic heterocycles. The first-order chi connectivity index (χ1) is 15.0. The van der Waals surface area contributed by atoms with E-state index in [-0.39, 0.29) is 38.2 Å². The second kappa shape index (κ2) is 9.01. The van der Waals surface area contributed by atoms with Gasteiger partial charge in [0.2, 0.25) is 0 Å². The van der Waals surface area contributed by atoms with Crippen molar-refractivity contribution in [1.82, 2.24) is 10.2 Å². The minimum Gasteiger partial charge on any atom is -0.452 e. The Labute approximate surface area is 180 Å². The zero-order chi connectivity index (χ0) is 23.6. The van der Waals surface area contributed by atoms with E-state index in [2.05, 4.69) is 5.32 Å². The van der Waals surface area contributed by atoms with E-state index in [1.807, 2.05) is 0 Å². The highest BCUT2D eigenvalue weighted by molar-refractivity contribution is 5.98. The summed E-state index contributed by atoms with van der Waals surface area (Å²) in [6.07, 6.45) is -5.38. The molecule has 0 aromatic heterocycles. The zero-order valence-electron chi connectivity index (χ0n) is 17.1. The zero-order valence-corrected chi connectivity index (χ0v) is 17.1. The Balaban J connectivity index is 1.61. The van der Waals surface area contributed by atoms with Crippen molar-refractivity contribution in [3.05, 3.63) is 33.9 Å². The summed E-state index contributed by atoms with van der Waals surface area (Å²) in [6, 6.07) is 1.79. The van der Waals surface area contributed by atoms with E-state index < -0.39 is 52.3 Å². The number of nitrogens with zero attached hydrogens (tertiary/aromatic N) is 3. The number of rotatable bonds is 5. The molecule has 2 saturated heterocycles. The highest BCUT2D eigenvalue weighted by atomic mass is 19.4. The molecule has 2 aliphatic rings. The number of piperidine rings is 1. The highest BCUT2D eigenvalue weighted by Crippen LogP contribution is 2.37. The van der Waals surface area contributed by atoms with Crippen LogP contribution in [0.25, 0.3) is 0 Å². The van der Waals surface area contributed by atoms with E-state index in [0.717, 1.165) is 17.0 Å². The molecule has 0 unspecified atom stereocenters. The topological polar surface area (TPSA) is 122 Å². The number of carbonyl (C=O) groups excluding carboxylic acids is 3. The van der Waals surface area contributed by atoms with E-state index in [1.54, 1.807) is 4.90 Å². The van der Waals surface area contributed by atoms with Crippen molar-refractivity contribution in [1.29, 1.82) is 0 Å². The number of nitro benzene ring substituents is 1. The Morgan fingerprint density at radius 2 is 1.91 bits per heavy atom. The molecule has 0 spiro atoms. The lowest BCUT2D eigenvalue weighted by Gasteiger charge is -2.32. The van der Waals surface area contributed by atoms with Crippen LogP contribution in [0.1, 0.15) is 25.3 Å². The first-order valence-corrected chi connectivity index (χ1v) is 9.89. The van der Waals surface area contributed by atoms with Crippen molar-refractivity contribution in [3.63, 3.8) is 0 Å². The fraction of sp³-hybridized carbons (Fsp3) is 0.526. The van der Waals surface area contributed by atoms with Crippen LogP contribution in [0.5, 0.6) is 0 Å². The van der Waals surface area contributed by atoms with E-state index in [4.69, 9.17) is 4.74 Å². The van der Waals surface area contributed by atoms with Gasteiger partial charge in [0.25, 0.3) is 11.6 Å². The molecule has 0 bridgehead atoms. The number of carbonyl (C=O) groups is 3. The van der Waals surface area contributed by atoms with Crippen molar-refractivity contribution in [2.45, 2.75) is 32.0 Å². The van der Waals surface area contributed by atoms with Gasteiger partial charge in [0.05, 0.1) is 16.4 Å². The fourth-order valence-corrected chi connectivity index (χ4v) is 3.69. The number of imide groups is 1. The number of urea groups is 1. The van der Waals surface area contributed by atoms with Gasteiger partial charge in [-0.05, 0) is 31.9 Å². The van der Waals surface area contributed by atoms with Gasteiger partial charge in [0, 0.05) is 32.2 Å². The maximum absolute atomic E-state index is 12.9. The molecule has 13 heteroatoms. The monoisotopic (exact) mass is 458 g/mol. The van der Waals surface area contributed by atoms with Crippen LogP contribution in [0, 0.1) is 16.0 Å². The van der Waals surface area contributed by atoms with Crippen molar-refractivity contribution in [2.75, 3.05) is 31.1 Å². The Bertz CT molecular complexity index is 930. The standard InChI is InChI=1S/C19H21F3N4O6/c1-11(16(27)25-9-6-23-18(25)29)32-17(28)12-4-7-24(8-5-12)14-3-2-13(19(20,21)22)10-15(14)26(30)31/h2-3,10-12H,4-9H2,1H3,(H,23,29)/t11-/m1/s1. The van der Waals surface area contributed by atoms with Gasteiger partial charge < -0.3 is 15.0 Å². The van der Waals surface area contributed by atoms with E-state index in [0.29, 0.717) is 12.6 Å². The maximum Gasteiger partial charge on any atom is 0.416 e. The molecule has 1 aromatic rings. The molecule has 1 N–H and O–H groups in total. The third-order valence-corrected chi connectivity index (χ3v) is 5.43. The van der Waals surface area contributed by atoms with Crippen LogP contribution in [0.3, 0.4) is 0 Å². The van der Waals surface area contributed by atoms with Crippen LogP contribution in [-0.2, 0) is 20.5 Å². The fourth-order valence-electron chi connectivity index (χ4n) is 3.69. The maximum atomic E-state index is 12.9. The number of ether oxygens (including phenoxy) is 1. The Hall–Kier alpha value is -3.38. The van der Waals surface area contributed by atoms with Crippen molar-refractivity contribution >= 4 is 29.3 Å². The quantitative estimate of drug-likeness (QED) is 0.408. The summed E-state index contributed by atoms with van der Waals surface area (Å²) in [5.41, 5.74) is -1.74. The van der Waals surface area contributed by atoms with Crippen LogP contribution < -0.4 is 10.2 Å². The van der Waals surface area contributed by atoms with Crippen LogP contribution in [0.15, 0.2) is 18.2 Å². The summed E-state index contributed by atoms with van der Waals surface area (Å²) >= 11 is 0. The van der Waals surface area contributed by atoms with E-state index in [1.165, 1.54) is 6.92 Å². The molecule has 2 fully saturated rings. The number of halogens is 3. The molecule has 0 saturated carbocycles. The van der Waals surface area contributed by atoms with Gasteiger partial charge in [-0.3, -0.25) is 24.6 Å². The highest BCUT2D eigenvalue weighted by Gasteiger charge is 2.36. The number of hydrogen-bond acceptors (Lipinski definition) is 7. The lowest BCUT2D eigenvalue weighted by Crippen LogP contribution is -2.43. The third kappa shape index (κ3) is 4.92. The van der Waals surface area contributed by atoms with Crippen molar-refractivity contribution in [3.8, 4) is 0 Å². The van der Waals surface area contributed by atoms with Gasteiger partial charge in [-0.2, -0.15) is 13.2 Å². The number of benzene rings is 1. The molecule has 0 radical (unpaired) electrons. The van der Waals surface area contributed by atoms with Crippen molar-refractivity contribution in [2.24, 2.45) is 5.92 Å². The lowest BCUT2D eigenvalue weighted by atomic mass is 9.96. The lowest BCUT2D eigenvalue weighted by molar-refractivity contribution is -0.384. The molecule has 10 nitrogen and oxygen atoms in total. The van der Waals surface area contributed by atoms with Gasteiger partial charge >= 0.3 is 18.2 Å². The SMILES string of the molecule is C[C@@H](OC(=O)C1CCN(c2ccc(C(F)(F)F)cc2[N+](=O)[O-])CC1)C(=O)N1CCNC1=O. The Morgan fingerprint density at radius 1 is 1.25 bits per heavy atom. The molecule has 2 heterocycles. The largest absolute Gasteiger partial charge is 0.452 e. The molecule has 3 rings (SSSR count). The van der Waals surface area contributed by atoms with Gasteiger partial charge in [-0.1, -0.05) is 0 Å². The summed E-state index contributed by atoms with van der Waals surface area (Å²) < 4.78 is 43.9. The second-order valence-corrected chi connectivity index (χ2v) is 7.52. The van der Waals surface area contributed by atoms with E-state index >= 15 is 0 Å². The Kier molecular flexibility index (Phi) is 6.55. The normalized spacial score (nSPS) is 18.3. The summed E-state index contributed by atoms with van der Waals surface area (Å²) in [6.45, 7) is 2.24. The third-order valence-electron chi connectivity index (χ3n) is 5.43. The van der Waals surface area contributed by atoms with Gasteiger partial charge in [-0.15, -0.1) is 0 Å². The number of hydrogen-bond donors (Lipinski definition) is 1. The van der Waals surface area contributed by atoms with Crippen LogP contribution >= 0.6 is 0 Å². The molecule has 1 aromatic carbocycles. The van der Waals surface area contributed by atoms with Crippen molar-refractivity contribution < 1.29 is 37.2 Å². The number of nitrogens with one attached hydrogen (secondary N) is 1. The molecular weight excluding hydrogens is 437 g/mol. The van der Waals surface area contributed by atoms with Crippen LogP contribution in [0.4, 0.5) is 29.3 Å². The van der Waals surface area contributed by atoms with Crippen LogP contribution in [0.2, 0.25) is 0 Å². The van der Waals surface area contributed by atoms with Crippen LogP contribution in [-0.4, -0.2) is 60.0 Å². The molecule has 0 aliphatic carbocycles. The second-order valence-electron chi connectivity index (χ2n) is 7.52. The summed E-state index contributed by atoms with van der Waals surface area (Å²) in [4.78, 5) is 49.2. The molecule has 174 valence electrons. The number of amides is 3. The van der Waals surface area contributed by atoms with Gasteiger partial charge in [-0.25, -0.2) is 4.79 Å². The summed E-state index contributed by atoms with van der Waals surface area (Å²) in [7, 11) is 0. The van der Waals surface area contributed by atoms with Gasteiger partial charge in [0.1, 0.15) is 5.69 Å². The minimum absolute atomic E-state index is 0.0402. The number of anilines is 1. The number of esters is 1. The predicted octanol–water partition coefficient (Wildman–Crippen LogP) is 2.31. The first kappa shape index (κ1) is 23.3. The minimum atomic E-state index is -4.70. The average molecular weight is 458 g/mol. The molecule has 3 amide bonds.